The number of Topliss-reactive ketones (excluding diaryl/α,β-unsaturated/α-hetero) is 1. The Labute approximate surface area is 159 Å². The largest absolute Gasteiger partial charge is 0.381 e. The molecule has 0 unspecified atom stereocenters. The molecule has 3 rings (SSSR count). The molecule has 0 saturated carbocycles. The number of halogens is 1. The van der Waals surface area contributed by atoms with Crippen molar-refractivity contribution in [2.24, 2.45) is 0 Å². The summed E-state index contributed by atoms with van der Waals surface area (Å²) in [6.45, 7) is 0.670. The lowest BCUT2D eigenvalue weighted by atomic mass is 10.0. The van der Waals surface area contributed by atoms with Gasteiger partial charge in [0.1, 0.15) is 5.78 Å². The number of hydrogen-bond acceptors (Lipinski definition) is 3. The van der Waals surface area contributed by atoms with Gasteiger partial charge >= 0.3 is 0 Å². The minimum Gasteiger partial charge on any atom is -0.381 e. The second kappa shape index (κ2) is 9.16. The van der Waals surface area contributed by atoms with Gasteiger partial charge in [-0.15, -0.1) is 0 Å². The summed E-state index contributed by atoms with van der Waals surface area (Å²) in [4.78, 5) is 16.2. The van der Waals surface area contributed by atoms with E-state index >= 15 is 0 Å². The highest BCUT2D eigenvalue weighted by Gasteiger charge is 2.05. The Morgan fingerprint density at radius 2 is 1.77 bits per heavy atom. The fourth-order valence-electron chi connectivity index (χ4n) is 2.73. The molecule has 1 heterocycles. The van der Waals surface area contributed by atoms with Crippen molar-refractivity contribution in [2.45, 2.75) is 25.8 Å². The molecule has 0 amide bonds. The monoisotopic (exact) mass is 364 g/mol. The van der Waals surface area contributed by atoms with Crippen LogP contribution in [0.5, 0.6) is 0 Å². The van der Waals surface area contributed by atoms with Crippen LogP contribution in [-0.4, -0.2) is 10.8 Å². The van der Waals surface area contributed by atoms with Crippen LogP contribution in [0.3, 0.4) is 0 Å². The predicted molar refractivity (Wildman–Crippen MR) is 106 cm³/mol. The maximum absolute atomic E-state index is 12.2. The lowest BCUT2D eigenvalue weighted by molar-refractivity contribution is -0.118. The molecule has 3 nitrogen and oxygen atoms in total. The first-order chi connectivity index (χ1) is 12.7. The van der Waals surface area contributed by atoms with Crippen LogP contribution in [0, 0.1) is 0 Å². The highest BCUT2D eigenvalue weighted by molar-refractivity contribution is 6.31. The Kier molecular flexibility index (Phi) is 6.39. The van der Waals surface area contributed by atoms with Crippen LogP contribution in [0.4, 0.5) is 5.69 Å². The van der Waals surface area contributed by atoms with Gasteiger partial charge in [0.25, 0.3) is 0 Å². The normalized spacial score (nSPS) is 10.5. The number of nitrogens with one attached hydrogen (secondary N) is 1. The number of carbonyl (C=O) groups is 1. The minimum absolute atomic E-state index is 0.241. The summed E-state index contributed by atoms with van der Waals surface area (Å²) < 4.78 is 0. The Balaban J connectivity index is 1.48. The van der Waals surface area contributed by atoms with Crippen molar-refractivity contribution < 1.29 is 4.79 Å². The first-order valence-electron chi connectivity index (χ1n) is 8.67. The number of aryl methyl sites for hydroxylation is 1. The van der Waals surface area contributed by atoms with Crippen LogP contribution in [0.1, 0.15) is 23.1 Å². The van der Waals surface area contributed by atoms with Crippen LogP contribution in [0.15, 0.2) is 73.1 Å². The summed E-state index contributed by atoms with van der Waals surface area (Å²) in [7, 11) is 0. The van der Waals surface area contributed by atoms with Crippen molar-refractivity contribution in [1.82, 2.24) is 4.98 Å². The number of pyridine rings is 1. The zero-order valence-corrected chi connectivity index (χ0v) is 15.2. The first kappa shape index (κ1) is 18.2. The predicted octanol–water partition coefficient (Wildman–Crippen LogP) is 5.09. The minimum atomic E-state index is 0.241. The van der Waals surface area contributed by atoms with Gasteiger partial charge in [-0.3, -0.25) is 9.78 Å². The number of ketones is 1. The van der Waals surface area contributed by atoms with Gasteiger partial charge in [-0.1, -0.05) is 48.0 Å². The molecule has 0 aliphatic rings. The lowest BCUT2D eigenvalue weighted by Crippen LogP contribution is -2.05. The van der Waals surface area contributed by atoms with Crippen LogP contribution < -0.4 is 5.32 Å². The van der Waals surface area contributed by atoms with Gasteiger partial charge < -0.3 is 5.32 Å². The molecule has 0 fully saturated rings. The number of rotatable bonds is 8. The van der Waals surface area contributed by atoms with E-state index in [0.717, 1.165) is 33.8 Å². The van der Waals surface area contributed by atoms with Crippen LogP contribution >= 0.6 is 11.6 Å². The Morgan fingerprint density at radius 1 is 0.962 bits per heavy atom. The standard InChI is InChI=1S/C22H21ClN2O/c23-22-6-2-1-5-19(22)16-25-20-10-7-17(8-11-20)14-21(26)12-9-18-4-3-13-24-15-18/h1-8,10-11,13,15,25H,9,12,14,16H2. The van der Waals surface area contributed by atoms with Crippen molar-refractivity contribution >= 4 is 23.1 Å². The molecule has 0 bridgehead atoms. The number of benzene rings is 2. The molecule has 3 aromatic rings. The molecule has 2 aromatic carbocycles. The lowest BCUT2D eigenvalue weighted by Gasteiger charge is -2.09. The third-order valence-electron chi connectivity index (χ3n) is 4.21. The Morgan fingerprint density at radius 3 is 2.50 bits per heavy atom. The van der Waals surface area contributed by atoms with Gasteiger partial charge in [-0.05, 0) is 47.4 Å². The molecule has 132 valence electrons. The average Bonchev–Trinajstić information content (AvgIpc) is 2.68. The van der Waals surface area contributed by atoms with Gasteiger partial charge in [-0.2, -0.15) is 0 Å². The van der Waals surface area contributed by atoms with Gasteiger partial charge in [0.2, 0.25) is 0 Å². The van der Waals surface area contributed by atoms with E-state index in [1.807, 2.05) is 66.9 Å². The van der Waals surface area contributed by atoms with Crippen LogP contribution in [-0.2, 0) is 24.2 Å². The average molecular weight is 365 g/mol. The van der Waals surface area contributed by atoms with E-state index in [1.54, 1.807) is 6.20 Å². The number of aromatic nitrogens is 1. The van der Waals surface area contributed by atoms with E-state index in [9.17, 15) is 4.79 Å². The molecule has 0 aliphatic heterocycles. The van der Waals surface area contributed by atoms with Crippen LogP contribution in [0.25, 0.3) is 0 Å². The fourth-order valence-corrected chi connectivity index (χ4v) is 2.93. The summed E-state index contributed by atoms with van der Waals surface area (Å²) in [5, 5.41) is 4.11. The third-order valence-corrected chi connectivity index (χ3v) is 4.58. The Bertz CT molecular complexity index is 848. The zero-order chi connectivity index (χ0) is 18.2. The quantitative estimate of drug-likeness (QED) is 0.605. The second-order valence-corrected chi connectivity index (χ2v) is 6.63. The van der Waals surface area contributed by atoms with Gasteiger partial charge in [0, 0.05) is 42.5 Å². The number of nitrogens with zero attached hydrogens (tertiary/aromatic N) is 1. The molecule has 0 atom stereocenters. The molecule has 0 spiro atoms. The SMILES string of the molecule is O=C(CCc1cccnc1)Cc1ccc(NCc2ccccc2Cl)cc1. The zero-order valence-electron chi connectivity index (χ0n) is 14.5. The number of anilines is 1. The highest BCUT2D eigenvalue weighted by atomic mass is 35.5. The molecule has 0 saturated heterocycles. The first-order valence-corrected chi connectivity index (χ1v) is 9.05. The summed E-state index contributed by atoms with van der Waals surface area (Å²) in [5.74, 6) is 0.241. The molecule has 26 heavy (non-hydrogen) atoms. The topological polar surface area (TPSA) is 42.0 Å². The number of hydrogen-bond donors (Lipinski definition) is 1. The smallest absolute Gasteiger partial charge is 0.137 e. The van der Waals surface area contributed by atoms with Crippen molar-refractivity contribution in [3.8, 4) is 0 Å². The molecule has 0 aliphatic carbocycles. The highest BCUT2D eigenvalue weighted by Crippen LogP contribution is 2.17. The summed E-state index contributed by atoms with van der Waals surface area (Å²) in [6.07, 6.45) is 5.30. The molecule has 0 radical (unpaired) electrons. The van der Waals surface area contributed by atoms with Gasteiger partial charge in [0.05, 0.1) is 0 Å². The van der Waals surface area contributed by atoms with E-state index in [4.69, 9.17) is 11.6 Å². The molecular formula is C22H21ClN2O. The van der Waals surface area contributed by atoms with Crippen molar-refractivity contribution in [1.29, 1.82) is 0 Å². The number of carbonyl (C=O) groups excluding carboxylic acids is 1. The Hall–Kier alpha value is -2.65. The molecule has 4 heteroatoms. The van der Waals surface area contributed by atoms with Gasteiger partial charge in [0.15, 0.2) is 0 Å². The molecule has 1 N–H and O–H groups in total. The third kappa shape index (κ3) is 5.43. The van der Waals surface area contributed by atoms with E-state index in [2.05, 4.69) is 10.3 Å². The van der Waals surface area contributed by atoms with E-state index in [1.165, 1.54) is 0 Å². The van der Waals surface area contributed by atoms with Gasteiger partial charge in [-0.25, -0.2) is 0 Å². The maximum Gasteiger partial charge on any atom is 0.137 e. The van der Waals surface area contributed by atoms with Crippen molar-refractivity contribution in [2.75, 3.05) is 5.32 Å². The molecule has 1 aromatic heterocycles. The van der Waals surface area contributed by atoms with Crippen molar-refractivity contribution in [3.63, 3.8) is 0 Å². The van der Waals surface area contributed by atoms with E-state index < -0.39 is 0 Å². The fraction of sp³-hybridized carbons (Fsp3) is 0.182. The summed E-state index contributed by atoms with van der Waals surface area (Å²) in [6, 6.07) is 19.7. The van der Waals surface area contributed by atoms with E-state index in [0.29, 0.717) is 19.4 Å². The second-order valence-electron chi connectivity index (χ2n) is 6.22. The summed E-state index contributed by atoms with van der Waals surface area (Å²) >= 11 is 6.17. The maximum atomic E-state index is 12.2. The summed E-state index contributed by atoms with van der Waals surface area (Å²) in [5.41, 5.74) is 4.20. The van der Waals surface area contributed by atoms with E-state index in [-0.39, 0.29) is 5.78 Å². The molecular weight excluding hydrogens is 344 g/mol. The van der Waals surface area contributed by atoms with Crippen molar-refractivity contribution in [3.05, 3.63) is 94.8 Å². The van der Waals surface area contributed by atoms with Crippen LogP contribution in [0.2, 0.25) is 5.02 Å².